The topological polar surface area (TPSA) is 90.3 Å². The van der Waals surface area contributed by atoms with E-state index in [9.17, 15) is 14.4 Å². The van der Waals surface area contributed by atoms with Gasteiger partial charge in [0.25, 0.3) is 11.5 Å². The number of rotatable bonds is 5. The van der Waals surface area contributed by atoms with Crippen molar-refractivity contribution < 1.29 is 14.3 Å². The van der Waals surface area contributed by atoms with Crippen LogP contribution in [0, 0.1) is 5.92 Å². The van der Waals surface area contributed by atoms with Crippen LogP contribution in [0.3, 0.4) is 0 Å². The number of ether oxygens (including phenoxy) is 1. The van der Waals surface area contributed by atoms with Crippen LogP contribution in [-0.2, 0) is 11.3 Å². The van der Waals surface area contributed by atoms with E-state index < -0.39 is 11.9 Å². The zero-order valence-electron chi connectivity index (χ0n) is 13.8. The van der Waals surface area contributed by atoms with E-state index in [1.165, 1.54) is 23.9 Å². The number of nitrogens with one attached hydrogen (secondary N) is 1. The Morgan fingerprint density at radius 2 is 1.92 bits per heavy atom. The number of hydrogen-bond donors (Lipinski definition) is 1. The summed E-state index contributed by atoms with van der Waals surface area (Å²) in [4.78, 5) is 35.9. The molecule has 24 heavy (non-hydrogen) atoms. The Kier molecular flexibility index (Phi) is 5.47. The van der Waals surface area contributed by atoms with Crippen LogP contribution in [0.25, 0.3) is 0 Å². The molecule has 1 heterocycles. The molecule has 0 spiro atoms. The van der Waals surface area contributed by atoms with Crippen molar-refractivity contribution in [2.45, 2.75) is 20.4 Å². The smallest absolute Gasteiger partial charge is 0.339 e. The summed E-state index contributed by atoms with van der Waals surface area (Å²) in [6, 6.07) is 9.16. The summed E-state index contributed by atoms with van der Waals surface area (Å²) in [6.07, 6.45) is 0. The number of carbonyl (C=O) groups is 2. The van der Waals surface area contributed by atoms with Crippen LogP contribution in [0.2, 0.25) is 0 Å². The fourth-order valence-corrected chi connectivity index (χ4v) is 2.11. The lowest BCUT2D eigenvalue weighted by atomic mass is 10.1. The zero-order valence-corrected chi connectivity index (χ0v) is 13.8. The predicted octanol–water partition coefficient (Wildman–Crippen LogP) is 1.94. The number of anilines is 1. The molecule has 0 fully saturated rings. The molecule has 7 heteroatoms. The maximum atomic E-state index is 12.4. The molecule has 0 radical (unpaired) electrons. The fraction of sp³-hybridized carbons (Fsp3) is 0.294. The molecule has 2 rings (SSSR count). The average molecular weight is 329 g/mol. The summed E-state index contributed by atoms with van der Waals surface area (Å²) < 4.78 is 5.95. The van der Waals surface area contributed by atoms with E-state index in [4.69, 9.17) is 4.74 Å². The number of amides is 1. The molecule has 0 aliphatic rings. The third-order valence-electron chi connectivity index (χ3n) is 3.22. The van der Waals surface area contributed by atoms with Gasteiger partial charge in [-0.3, -0.25) is 9.59 Å². The molecule has 0 atom stereocenters. The summed E-state index contributed by atoms with van der Waals surface area (Å²) in [6.45, 7) is 4.32. The summed E-state index contributed by atoms with van der Waals surface area (Å²) >= 11 is 0. The van der Waals surface area contributed by atoms with Gasteiger partial charge in [-0.1, -0.05) is 26.0 Å². The summed E-state index contributed by atoms with van der Waals surface area (Å²) in [5.41, 5.74) is 0.381. The highest BCUT2D eigenvalue weighted by atomic mass is 16.5. The molecule has 1 amide bonds. The van der Waals surface area contributed by atoms with Crippen molar-refractivity contribution in [2.75, 3.05) is 12.4 Å². The van der Waals surface area contributed by atoms with Gasteiger partial charge in [0.2, 0.25) is 0 Å². The van der Waals surface area contributed by atoms with Crippen molar-refractivity contribution in [1.82, 2.24) is 9.78 Å². The van der Waals surface area contributed by atoms with Crippen molar-refractivity contribution in [3.8, 4) is 0 Å². The van der Waals surface area contributed by atoms with Crippen molar-refractivity contribution in [1.29, 1.82) is 0 Å². The summed E-state index contributed by atoms with van der Waals surface area (Å²) in [5, 5.41) is 6.70. The molecule has 0 aliphatic carbocycles. The lowest BCUT2D eigenvalue weighted by Crippen LogP contribution is -2.28. The molecule has 7 nitrogen and oxygen atoms in total. The Bertz CT molecular complexity index is 811. The molecule has 0 saturated carbocycles. The number of esters is 1. The van der Waals surface area contributed by atoms with E-state index >= 15 is 0 Å². The Labute approximate surface area is 139 Å². The van der Waals surface area contributed by atoms with Crippen LogP contribution < -0.4 is 10.9 Å². The van der Waals surface area contributed by atoms with E-state index in [0.717, 1.165) is 0 Å². The molecule has 0 bridgehead atoms. The van der Waals surface area contributed by atoms with E-state index in [1.807, 2.05) is 13.8 Å². The number of aromatic nitrogens is 2. The van der Waals surface area contributed by atoms with Gasteiger partial charge in [-0.15, -0.1) is 0 Å². The minimum absolute atomic E-state index is 0.0925. The van der Waals surface area contributed by atoms with Crippen LogP contribution >= 0.6 is 0 Å². The van der Waals surface area contributed by atoms with Crippen LogP contribution in [0.5, 0.6) is 0 Å². The first-order valence-corrected chi connectivity index (χ1v) is 7.49. The van der Waals surface area contributed by atoms with Gasteiger partial charge in [-0.25, -0.2) is 9.48 Å². The summed E-state index contributed by atoms with van der Waals surface area (Å²) in [5.74, 6) is -0.846. The highest BCUT2D eigenvalue weighted by molar-refractivity contribution is 6.06. The number of benzene rings is 1. The first-order chi connectivity index (χ1) is 11.4. The number of methoxy groups -OCH3 is 1. The van der Waals surface area contributed by atoms with Gasteiger partial charge in [0.1, 0.15) is 5.69 Å². The molecule has 126 valence electrons. The maximum Gasteiger partial charge on any atom is 0.339 e. The molecule has 0 aliphatic heterocycles. The largest absolute Gasteiger partial charge is 0.465 e. The number of para-hydroxylation sites is 1. The van der Waals surface area contributed by atoms with Gasteiger partial charge in [-0.05, 0) is 24.1 Å². The molecule has 1 N–H and O–H groups in total. The van der Waals surface area contributed by atoms with Crippen LogP contribution in [0.15, 0.2) is 41.2 Å². The van der Waals surface area contributed by atoms with E-state index in [-0.39, 0.29) is 22.7 Å². The van der Waals surface area contributed by atoms with Crippen LogP contribution in [0.1, 0.15) is 34.7 Å². The molecule has 0 unspecified atom stereocenters. The van der Waals surface area contributed by atoms with E-state index in [0.29, 0.717) is 12.2 Å². The fourth-order valence-electron chi connectivity index (χ4n) is 2.11. The van der Waals surface area contributed by atoms with Crippen molar-refractivity contribution in [3.63, 3.8) is 0 Å². The lowest BCUT2D eigenvalue weighted by molar-refractivity contribution is 0.0602. The number of carbonyl (C=O) groups excluding carboxylic acids is 2. The van der Waals surface area contributed by atoms with Gasteiger partial charge < -0.3 is 10.1 Å². The lowest BCUT2D eigenvalue weighted by Gasteiger charge is -2.11. The first-order valence-electron chi connectivity index (χ1n) is 7.49. The SMILES string of the molecule is COC(=O)c1ccccc1NC(=O)c1ccc(=O)n(CC(C)C)n1. The second-order valence-electron chi connectivity index (χ2n) is 5.62. The summed E-state index contributed by atoms with van der Waals surface area (Å²) in [7, 11) is 1.27. The Morgan fingerprint density at radius 1 is 1.21 bits per heavy atom. The molecule has 2 aromatic rings. The van der Waals surface area contributed by atoms with Crippen molar-refractivity contribution in [2.24, 2.45) is 5.92 Å². The normalized spacial score (nSPS) is 10.5. The van der Waals surface area contributed by atoms with Crippen molar-refractivity contribution in [3.05, 3.63) is 58.0 Å². The number of hydrogen-bond acceptors (Lipinski definition) is 5. The van der Waals surface area contributed by atoms with Crippen molar-refractivity contribution >= 4 is 17.6 Å². The quantitative estimate of drug-likeness (QED) is 0.847. The second-order valence-corrected chi connectivity index (χ2v) is 5.62. The highest BCUT2D eigenvalue weighted by Crippen LogP contribution is 2.16. The minimum atomic E-state index is -0.552. The molecule has 0 saturated heterocycles. The van der Waals surface area contributed by atoms with Crippen LogP contribution in [-0.4, -0.2) is 28.8 Å². The molecule has 1 aromatic heterocycles. The second kappa shape index (κ2) is 7.54. The van der Waals surface area contributed by atoms with Gasteiger partial charge >= 0.3 is 5.97 Å². The van der Waals surface area contributed by atoms with Gasteiger partial charge in [-0.2, -0.15) is 5.10 Å². The molecular formula is C17H19N3O4. The Hall–Kier alpha value is -2.96. The first kappa shape index (κ1) is 17.4. The third kappa shape index (κ3) is 4.07. The average Bonchev–Trinajstić information content (AvgIpc) is 2.56. The molecule has 1 aromatic carbocycles. The van der Waals surface area contributed by atoms with E-state index in [1.54, 1.807) is 24.3 Å². The van der Waals surface area contributed by atoms with Gasteiger partial charge in [0, 0.05) is 12.6 Å². The standard InChI is InChI=1S/C17H19N3O4/c1-11(2)10-20-15(21)9-8-14(19-20)16(22)18-13-7-5-4-6-12(13)17(23)24-3/h4-9,11H,10H2,1-3H3,(H,18,22). The van der Waals surface area contributed by atoms with Gasteiger partial charge in [0.15, 0.2) is 0 Å². The third-order valence-corrected chi connectivity index (χ3v) is 3.22. The monoisotopic (exact) mass is 329 g/mol. The minimum Gasteiger partial charge on any atom is -0.465 e. The predicted molar refractivity (Wildman–Crippen MR) is 89.1 cm³/mol. The highest BCUT2D eigenvalue weighted by Gasteiger charge is 2.16. The zero-order chi connectivity index (χ0) is 17.7. The Morgan fingerprint density at radius 3 is 2.58 bits per heavy atom. The Balaban J connectivity index is 2.28. The molecular weight excluding hydrogens is 310 g/mol. The van der Waals surface area contributed by atoms with Gasteiger partial charge in [0.05, 0.1) is 18.4 Å². The maximum absolute atomic E-state index is 12.4. The number of nitrogens with zero attached hydrogens (tertiary/aromatic N) is 2. The van der Waals surface area contributed by atoms with Crippen LogP contribution in [0.4, 0.5) is 5.69 Å². The van der Waals surface area contributed by atoms with E-state index in [2.05, 4.69) is 10.4 Å².